The number of benzene rings is 2. The van der Waals surface area contributed by atoms with Crippen molar-refractivity contribution in [1.82, 2.24) is 10.2 Å². The van der Waals surface area contributed by atoms with Crippen LogP contribution in [0.25, 0.3) is 0 Å². The van der Waals surface area contributed by atoms with Crippen LogP contribution in [0.15, 0.2) is 46.9 Å². The van der Waals surface area contributed by atoms with Gasteiger partial charge in [-0.2, -0.15) is 0 Å². The number of carbonyl (C=O) groups is 2. The maximum absolute atomic E-state index is 13.6. The first-order chi connectivity index (χ1) is 16.9. The Kier molecular flexibility index (Phi) is 10.6. The van der Waals surface area contributed by atoms with E-state index in [-0.39, 0.29) is 24.1 Å². The minimum absolute atomic E-state index is 0.123. The third-order valence-corrected chi connectivity index (χ3v) is 7.06. The lowest BCUT2D eigenvalue weighted by atomic mass is 10.1. The number of methoxy groups -OCH3 is 2. The topological polar surface area (TPSA) is 105 Å². The van der Waals surface area contributed by atoms with Crippen molar-refractivity contribution in [3.63, 3.8) is 0 Å². The second-order valence-electron chi connectivity index (χ2n) is 8.78. The molecule has 0 radical (unpaired) electrons. The molecule has 0 saturated carbocycles. The van der Waals surface area contributed by atoms with Gasteiger partial charge in [-0.25, -0.2) is 8.42 Å². The molecule has 2 amide bonds. The van der Waals surface area contributed by atoms with Crippen molar-refractivity contribution in [1.29, 1.82) is 0 Å². The number of anilines is 1. The van der Waals surface area contributed by atoms with E-state index < -0.39 is 28.5 Å². The highest BCUT2D eigenvalue weighted by molar-refractivity contribution is 9.10. The molecule has 2 aromatic carbocycles. The fraction of sp³-hybridized carbons (Fsp3) is 0.440. The molecule has 0 aliphatic rings. The second-order valence-corrected chi connectivity index (χ2v) is 11.6. The Hall–Kier alpha value is -2.79. The molecule has 0 spiro atoms. The molecule has 0 aromatic heterocycles. The Morgan fingerprint density at radius 2 is 1.69 bits per heavy atom. The molecule has 198 valence electrons. The third-order valence-electron chi connectivity index (χ3n) is 5.43. The average molecular weight is 585 g/mol. The van der Waals surface area contributed by atoms with Crippen LogP contribution in [0.4, 0.5) is 5.69 Å². The van der Waals surface area contributed by atoms with Crippen LogP contribution in [0.5, 0.6) is 11.5 Å². The molecule has 11 heteroatoms. The van der Waals surface area contributed by atoms with Crippen molar-refractivity contribution in [2.45, 2.75) is 33.4 Å². The molecule has 9 nitrogen and oxygen atoms in total. The van der Waals surface area contributed by atoms with Crippen LogP contribution < -0.4 is 19.1 Å². The van der Waals surface area contributed by atoms with Gasteiger partial charge in [0.05, 0.1) is 26.2 Å². The summed E-state index contributed by atoms with van der Waals surface area (Å²) in [6.45, 7) is 5.67. The highest BCUT2D eigenvalue weighted by Crippen LogP contribution is 2.32. The number of carbonyl (C=O) groups excluding carboxylic acids is 2. The molecule has 0 aliphatic heterocycles. The monoisotopic (exact) mass is 583 g/mol. The van der Waals surface area contributed by atoms with E-state index in [0.29, 0.717) is 18.0 Å². The number of amides is 2. The van der Waals surface area contributed by atoms with E-state index in [1.165, 1.54) is 31.3 Å². The minimum atomic E-state index is -3.86. The van der Waals surface area contributed by atoms with Gasteiger partial charge in [0.15, 0.2) is 11.5 Å². The van der Waals surface area contributed by atoms with Gasteiger partial charge in [0.1, 0.15) is 12.6 Å². The smallest absolute Gasteiger partial charge is 0.244 e. The molecule has 2 aromatic rings. The summed E-state index contributed by atoms with van der Waals surface area (Å²) in [5.74, 6) is 0.142. The van der Waals surface area contributed by atoms with E-state index in [2.05, 4.69) is 21.2 Å². The first-order valence-electron chi connectivity index (χ1n) is 11.4. The molecule has 2 rings (SSSR count). The Morgan fingerprint density at radius 3 is 2.25 bits per heavy atom. The van der Waals surface area contributed by atoms with E-state index in [1.807, 2.05) is 38.1 Å². The van der Waals surface area contributed by atoms with Crippen LogP contribution in [-0.2, 0) is 26.2 Å². The molecule has 1 atom stereocenters. The van der Waals surface area contributed by atoms with E-state index in [0.717, 1.165) is 20.6 Å². The molecular weight excluding hydrogens is 550 g/mol. The van der Waals surface area contributed by atoms with Crippen LogP contribution in [0.1, 0.15) is 26.3 Å². The van der Waals surface area contributed by atoms with Crippen LogP contribution in [-0.4, -0.2) is 64.7 Å². The lowest BCUT2D eigenvalue weighted by Gasteiger charge is -2.31. The average Bonchev–Trinajstić information content (AvgIpc) is 2.82. The van der Waals surface area contributed by atoms with E-state index in [1.54, 1.807) is 13.0 Å². The first kappa shape index (κ1) is 29.4. The molecule has 0 saturated heterocycles. The number of hydrogen-bond donors (Lipinski definition) is 1. The van der Waals surface area contributed by atoms with Crippen molar-refractivity contribution in [3.8, 4) is 11.5 Å². The van der Waals surface area contributed by atoms with Crippen molar-refractivity contribution in [2.75, 3.05) is 37.9 Å². The van der Waals surface area contributed by atoms with Gasteiger partial charge in [-0.1, -0.05) is 41.9 Å². The molecular formula is C25H34BrN3O6S. The summed E-state index contributed by atoms with van der Waals surface area (Å²) >= 11 is 3.43. The number of sulfonamides is 1. The second kappa shape index (κ2) is 13.0. The fourth-order valence-electron chi connectivity index (χ4n) is 3.46. The number of hydrogen-bond acceptors (Lipinski definition) is 6. The van der Waals surface area contributed by atoms with Gasteiger partial charge in [0.2, 0.25) is 21.8 Å². The quantitative estimate of drug-likeness (QED) is 0.410. The number of nitrogens with zero attached hydrogens (tertiary/aromatic N) is 2. The number of nitrogens with one attached hydrogen (secondary N) is 1. The van der Waals surface area contributed by atoms with Crippen LogP contribution in [0.2, 0.25) is 0 Å². The van der Waals surface area contributed by atoms with Crippen molar-refractivity contribution < 1.29 is 27.5 Å². The minimum Gasteiger partial charge on any atom is -0.493 e. The predicted molar refractivity (Wildman–Crippen MR) is 144 cm³/mol. The van der Waals surface area contributed by atoms with Crippen LogP contribution in [0, 0.1) is 5.92 Å². The van der Waals surface area contributed by atoms with Gasteiger partial charge < -0.3 is 19.7 Å². The highest BCUT2D eigenvalue weighted by atomic mass is 79.9. The van der Waals surface area contributed by atoms with Crippen LogP contribution >= 0.6 is 15.9 Å². The first-order valence-corrected chi connectivity index (χ1v) is 14.0. The SMILES string of the molecule is COc1ccc(N(CC(=O)N(Cc2cccc(Br)c2)C(C)C(=O)NCC(C)C)S(C)(=O)=O)cc1OC. The van der Waals surface area contributed by atoms with Gasteiger partial charge in [-0.3, -0.25) is 13.9 Å². The number of ether oxygens (including phenoxy) is 2. The van der Waals surface area contributed by atoms with Gasteiger partial charge in [0, 0.05) is 23.6 Å². The molecule has 1 unspecified atom stereocenters. The lowest BCUT2D eigenvalue weighted by Crippen LogP contribution is -2.51. The molecule has 0 heterocycles. The van der Waals surface area contributed by atoms with Gasteiger partial charge in [-0.05, 0) is 42.7 Å². The van der Waals surface area contributed by atoms with Crippen molar-refractivity contribution >= 4 is 43.5 Å². The van der Waals surface area contributed by atoms with E-state index in [9.17, 15) is 18.0 Å². The maximum Gasteiger partial charge on any atom is 0.244 e. The molecule has 0 fully saturated rings. The molecule has 1 N–H and O–H groups in total. The van der Waals surface area contributed by atoms with Gasteiger partial charge in [-0.15, -0.1) is 0 Å². The zero-order valence-electron chi connectivity index (χ0n) is 21.4. The zero-order chi connectivity index (χ0) is 27.0. The standard InChI is InChI=1S/C25H34BrN3O6S/c1-17(2)14-27-25(31)18(3)28(15-19-8-7-9-20(26)12-19)24(30)16-29(36(6,32)33)21-10-11-22(34-4)23(13-21)35-5/h7-13,17-18H,14-16H2,1-6H3,(H,27,31). The number of rotatable bonds is 12. The Morgan fingerprint density at radius 1 is 1.03 bits per heavy atom. The van der Waals surface area contributed by atoms with Crippen LogP contribution in [0.3, 0.4) is 0 Å². The summed E-state index contributed by atoms with van der Waals surface area (Å²) < 4.78 is 37.8. The summed E-state index contributed by atoms with van der Waals surface area (Å²) in [7, 11) is -0.944. The Labute approximate surface area is 221 Å². The number of halogens is 1. The Balaban J connectivity index is 2.42. The highest BCUT2D eigenvalue weighted by Gasteiger charge is 2.30. The normalized spacial score (nSPS) is 12.1. The molecule has 36 heavy (non-hydrogen) atoms. The summed E-state index contributed by atoms with van der Waals surface area (Å²) in [5, 5.41) is 2.85. The fourth-order valence-corrected chi connectivity index (χ4v) is 4.75. The summed E-state index contributed by atoms with van der Waals surface area (Å²) in [6, 6.07) is 11.1. The van der Waals surface area contributed by atoms with Crippen molar-refractivity contribution in [2.24, 2.45) is 5.92 Å². The van der Waals surface area contributed by atoms with Crippen molar-refractivity contribution in [3.05, 3.63) is 52.5 Å². The molecule has 0 bridgehead atoms. The summed E-state index contributed by atoms with van der Waals surface area (Å²) in [4.78, 5) is 27.9. The third kappa shape index (κ3) is 8.12. The largest absolute Gasteiger partial charge is 0.493 e. The summed E-state index contributed by atoms with van der Waals surface area (Å²) in [5.41, 5.74) is 1.03. The lowest BCUT2D eigenvalue weighted by molar-refractivity contribution is -0.139. The van der Waals surface area contributed by atoms with E-state index >= 15 is 0 Å². The predicted octanol–water partition coefficient (Wildman–Crippen LogP) is 3.42. The summed E-state index contributed by atoms with van der Waals surface area (Å²) in [6.07, 6.45) is 1.02. The van der Waals surface area contributed by atoms with Gasteiger partial charge >= 0.3 is 0 Å². The van der Waals surface area contributed by atoms with Gasteiger partial charge in [0.25, 0.3) is 0 Å². The zero-order valence-corrected chi connectivity index (χ0v) is 23.9. The Bertz CT molecular complexity index is 1170. The van der Waals surface area contributed by atoms with E-state index in [4.69, 9.17) is 9.47 Å². The molecule has 0 aliphatic carbocycles. The maximum atomic E-state index is 13.6.